The summed E-state index contributed by atoms with van der Waals surface area (Å²) in [5.41, 5.74) is 5.96. The monoisotopic (exact) mass is 102 g/mol. The van der Waals surface area contributed by atoms with Gasteiger partial charge in [0.1, 0.15) is 7.11 Å². The van der Waals surface area contributed by atoms with E-state index < -0.39 is 0 Å². The standard InChI is InChI=1S/C4H10N2O/c1-4(3-5)6-7-2/h3,5H2,1-2H3/b6-4+. The molecule has 0 unspecified atom stereocenters. The van der Waals surface area contributed by atoms with Gasteiger partial charge < -0.3 is 10.6 Å². The van der Waals surface area contributed by atoms with Crippen molar-refractivity contribution in [1.29, 1.82) is 0 Å². The molecule has 0 spiro atoms. The van der Waals surface area contributed by atoms with Gasteiger partial charge in [-0.3, -0.25) is 0 Å². The van der Waals surface area contributed by atoms with Gasteiger partial charge in [-0.25, -0.2) is 0 Å². The van der Waals surface area contributed by atoms with Gasteiger partial charge in [0.25, 0.3) is 0 Å². The molecule has 0 bridgehead atoms. The van der Waals surface area contributed by atoms with Crippen LogP contribution >= 0.6 is 0 Å². The Hall–Kier alpha value is -0.570. The van der Waals surface area contributed by atoms with Crippen LogP contribution in [0.4, 0.5) is 0 Å². The quantitative estimate of drug-likeness (QED) is 0.393. The third-order valence-electron chi connectivity index (χ3n) is 0.543. The van der Waals surface area contributed by atoms with Crippen molar-refractivity contribution in [2.75, 3.05) is 13.7 Å². The fourth-order valence-corrected chi connectivity index (χ4v) is 0.193. The summed E-state index contributed by atoms with van der Waals surface area (Å²) in [6, 6.07) is 0. The molecule has 0 aromatic carbocycles. The minimum atomic E-state index is 0.466. The molecular formula is C4H10N2O. The molecule has 0 fully saturated rings. The van der Waals surface area contributed by atoms with E-state index >= 15 is 0 Å². The summed E-state index contributed by atoms with van der Waals surface area (Å²) in [5.74, 6) is 0. The molecule has 0 radical (unpaired) electrons. The Morgan fingerprint density at radius 2 is 2.43 bits per heavy atom. The molecule has 0 aliphatic heterocycles. The molecule has 0 rings (SSSR count). The molecule has 0 aromatic rings. The van der Waals surface area contributed by atoms with Crippen molar-refractivity contribution in [3.05, 3.63) is 0 Å². The highest BCUT2D eigenvalue weighted by atomic mass is 16.6. The van der Waals surface area contributed by atoms with Crippen LogP contribution in [0.2, 0.25) is 0 Å². The zero-order valence-corrected chi connectivity index (χ0v) is 4.64. The third-order valence-corrected chi connectivity index (χ3v) is 0.543. The lowest BCUT2D eigenvalue weighted by Gasteiger charge is -1.89. The summed E-state index contributed by atoms with van der Waals surface area (Å²) in [6.07, 6.45) is 0. The number of hydrogen-bond donors (Lipinski definition) is 1. The first-order valence-corrected chi connectivity index (χ1v) is 2.08. The van der Waals surface area contributed by atoms with E-state index in [9.17, 15) is 0 Å². The first kappa shape index (κ1) is 6.43. The maximum atomic E-state index is 5.15. The Labute approximate surface area is 43.1 Å². The molecule has 3 heteroatoms. The van der Waals surface area contributed by atoms with E-state index in [1.807, 2.05) is 6.92 Å². The van der Waals surface area contributed by atoms with Crippen molar-refractivity contribution in [3.63, 3.8) is 0 Å². The summed E-state index contributed by atoms with van der Waals surface area (Å²) < 4.78 is 0. The SMILES string of the molecule is CO/N=C(\C)CN. The van der Waals surface area contributed by atoms with E-state index in [1.54, 1.807) is 0 Å². The van der Waals surface area contributed by atoms with Gasteiger partial charge >= 0.3 is 0 Å². The predicted octanol–water partition coefficient (Wildman–Crippen LogP) is -0.0326. The molecule has 0 saturated carbocycles. The largest absolute Gasteiger partial charge is 0.399 e. The smallest absolute Gasteiger partial charge is 0.106 e. The second kappa shape index (κ2) is 3.61. The topological polar surface area (TPSA) is 47.6 Å². The first-order chi connectivity index (χ1) is 3.31. The molecule has 2 N–H and O–H groups in total. The fraction of sp³-hybridized carbons (Fsp3) is 0.750. The van der Waals surface area contributed by atoms with Crippen molar-refractivity contribution in [3.8, 4) is 0 Å². The zero-order valence-electron chi connectivity index (χ0n) is 4.64. The molecule has 0 aliphatic carbocycles. The Kier molecular flexibility index (Phi) is 3.32. The van der Waals surface area contributed by atoms with Gasteiger partial charge in [0, 0.05) is 6.54 Å². The van der Waals surface area contributed by atoms with E-state index in [0.29, 0.717) is 6.54 Å². The maximum Gasteiger partial charge on any atom is 0.106 e. The van der Waals surface area contributed by atoms with Crippen LogP contribution in [0.1, 0.15) is 6.92 Å². The van der Waals surface area contributed by atoms with Gasteiger partial charge in [0.15, 0.2) is 0 Å². The first-order valence-electron chi connectivity index (χ1n) is 2.08. The number of rotatable bonds is 2. The van der Waals surface area contributed by atoms with Gasteiger partial charge in [-0.05, 0) is 6.92 Å². The third kappa shape index (κ3) is 3.26. The highest BCUT2D eigenvalue weighted by Gasteiger charge is 1.80. The van der Waals surface area contributed by atoms with Crippen LogP contribution in [0.25, 0.3) is 0 Å². The Morgan fingerprint density at radius 1 is 1.86 bits per heavy atom. The molecule has 7 heavy (non-hydrogen) atoms. The lowest BCUT2D eigenvalue weighted by atomic mass is 10.4. The molecule has 42 valence electrons. The molecule has 0 heterocycles. The minimum Gasteiger partial charge on any atom is -0.399 e. The summed E-state index contributed by atoms with van der Waals surface area (Å²) in [4.78, 5) is 4.40. The van der Waals surface area contributed by atoms with Crippen LogP contribution in [-0.4, -0.2) is 19.4 Å². The molecule has 3 nitrogen and oxygen atoms in total. The Balaban J connectivity index is 3.29. The zero-order chi connectivity index (χ0) is 5.70. The highest BCUT2D eigenvalue weighted by Crippen LogP contribution is 1.71. The number of nitrogens with two attached hydrogens (primary N) is 1. The van der Waals surface area contributed by atoms with Crippen molar-refractivity contribution in [2.45, 2.75) is 6.92 Å². The van der Waals surface area contributed by atoms with E-state index in [1.165, 1.54) is 7.11 Å². The molecule has 0 amide bonds. The summed E-state index contributed by atoms with van der Waals surface area (Å²) in [5, 5.41) is 3.53. The summed E-state index contributed by atoms with van der Waals surface area (Å²) in [6.45, 7) is 2.28. The lowest BCUT2D eigenvalue weighted by molar-refractivity contribution is 0.213. The lowest BCUT2D eigenvalue weighted by Crippen LogP contribution is -2.09. The van der Waals surface area contributed by atoms with E-state index in [4.69, 9.17) is 5.73 Å². The average Bonchev–Trinajstić information content (AvgIpc) is 1.68. The molecular weight excluding hydrogens is 92.1 g/mol. The average molecular weight is 102 g/mol. The van der Waals surface area contributed by atoms with Crippen molar-refractivity contribution in [2.24, 2.45) is 10.9 Å². The minimum absolute atomic E-state index is 0.466. The number of nitrogens with zero attached hydrogens (tertiary/aromatic N) is 1. The van der Waals surface area contributed by atoms with Crippen LogP contribution < -0.4 is 5.73 Å². The Morgan fingerprint density at radius 3 is 2.57 bits per heavy atom. The molecule has 0 atom stereocenters. The van der Waals surface area contributed by atoms with Crippen LogP contribution in [-0.2, 0) is 4.84 Å². The maximum absolute atomic E-state index is 5.15. The second-order valence-corrected chi connectivity index (χ2v) is 1.21. The van der Waals surface area contributed by atoms with Crippen molar-refractivity contribution < 1.29 is 4.84 Å². The van der Waals surface area contributed by atoms with E-state index in [0.717, 1.165) is 5.71 Å². The van der Waals surface area contributed by atoms with Crippen LogP contribution in [0.3, 0.4) is 0 Å². The molecule has 0 saturated heterocycles. The predicted molar refractivity (Wildman–Crippen MR) is 29.2 cm³/mol. The number of oxime groups is 1. The van der Waals surface area contributed by atoms with Gasteiger partial charge in [0.05, 0.1) is 5.71 Å². The molecule has 0 aliphatic rings. The Bertz CT molecular complexity index is 70.1. The van der Waals surface area contributed by atoms with Crippen LogP contribution in [0, 0.1) is 0 Å². The van der Waals surface area contributed by atoms with Crippen LogP contribution in [0.15, 0.2) is 5.16 Å². The van der Waals surface area contributed by atoms with E-state index in [2.05, 4.69) is 9.99 Å². The number of hydrogen-bond acceptors (Lipinski definition) is 3. The van der Waals surface area contributed by atoms with Gasteiger partial charge in [-0.2, -0.15) is 0 Å². The van der Waals surface area contributed by atoms with Gasteiger partial charge in [-0.1, -0.05) is 5.16 Å². The molecule has 0 aromatic heterocycles. The highest BCUT2D eigenvalue weighted by molar-refractivity contribution is 5.83. The second-order valence-electron chi connectivity index (χ2n) is 1.21. The van der Waals surface area contributed by atoms with E-state index in [-0.39, 0.29) is 0 Å². The normalized spacial score (nSPS) is 11.6. The summed E-state index contributed by atoms with van der Waals surface area (Å²) >= 11 is 0. The van der Waals surface area contributed by atoms with Crippen LogP contribution in [0.5, 0.6) is 0 Å². The van der Waals surface area contributed by atoms with Gasteiger partial charge in [0.2, 0.25) is 0 Å². The van der Waals surface area contributed by atoms with Crippen molar-refractivity contribution in [1.82, 2.24) is 0 Å². The van der Waals surface area contributed by atoms with Gasteiger partial charge in [-0.15, -0.1) is 0 Å². The fourth-order valence-electron chi connectivity index (χ4n) is 0.193. The summed E-state index contributed by atoms with van der Waals surface area (Å²) in [7, 11) is 1.50. The van der Waals surface area contributed by atoms with Crippen molar-refractivity contribution >= 4 is 5.71 Å².